The molecule has 11 heteroatoms. The van der Waals surface area contributed by atoms with Gasteiger partial charge in [0.2, 0.25) is 5.91 Å². The van der Waals surface area contributed by atoms with E-state index in [0.717, 1.165) is 13.2 Å². The summed E-state index contributed by atoms with van der Waals surface area (Å²) < 4.78 is 63.6. The van der Waals surface area contributed by atoms with Crippen molar-refractivity contribution in [3.63, 3.8) is 0 Å². The zero-order valence-corrected chi connectivity index (χ0v) is 16.0. The summed E-state index contributed by atoms with van der Waals surface area (Å²) in [4.78, 5) is 22.0. The molecule has 0 saturated heterocycles. The zero-order valence-electron chi connectivity index (χ0n) is 15.2. The Hall–Kier alpha value is -2.53. The second kappa shape index (κ2) is 8.65. The summed E-state index contributed by atoms with van der Waals surface area (Å²) in [6.07, 6.45) is -2.85. The van der Waals surface area contributed by atoms with Crippen molar-refractivity contribution in [2.75, 3.05) is 27.9 Å². The topological polar surface area (TPSA) is 97.1 Å². The summed E-state index contributed by atoms with van der Waals surface area (Å²) in [6, 6.07) is 2.35. The van der Waals surface area contributed by atoms with Crippen LogP contribution in [-0.2, 0) is 25.0 Å². The molecule has 28 heavy (non-hydrogen) atoms. The Morgan fingerprint density at radius 1 is 1.21 bits per heavy atom. The highest BCUT2D eigenvalue weighted by Crippen LogP contribution is 2.45. The second-order valence-electron chi connectivity index (χ2n) is 5.65. The van der Waals surface area contributed by atoms with Gasteiger partial charge in [0.1, 0.15) is 6.61 Å². The predicted octanol–water partition coefficient (Wildman–Crippen LogP) is 2.58. The van der Waals surface area contributed by atoms with Crippen molar-refractivity contribution in [1.29, 1.82) is 0 Å². The number of hydrogen-bond acceptors (Lipinski definition) is 7. The normalized spacial score (nSPS) is 12.6. The molecule has 154 valence electrons. The van der Waals surface area contributed by atoms with Crippen LogP contribution in [0.2, 0.25) is 0 Å². The van der Waals surface area contributed by atoms with Crippen molar-refractivity contribution in [2.24, 2.45) is 5.73 Å². The predicted molar refractivity (Wildman–Crippen MR) is 94.3 cm³/mol. The maximum absolute atomic E-state index is 14.8. The summed E-state index contributed by atoms with van der Waals surface area (Å²) in [7, 11) is 3.52. The molecule has 1 amide bonds. The zero-order chi connectivity index (χ0) is 21.1. The van der Waals surface area contributed by atoms with Gasteiger partial charge in [0.25, 0.3) is 5.92 Å². The van der Waals surface area contributed by atoms with E-state index >= 15 is 0 Å². The van der Waals surface area contributed by atoms with Crippen LogP contribution in [0.25, 0.3) is 10.1 Å². The molecule has 0 radical (unpaired) electrons. The van der Waals surface area contributed by atoms with Gasteiger partial charge in [-0.2, -0.15) is 0 Å². The number of carbonyl (C=O) groups excluding carboxylic acids is 2. The molecule has 0 saturated carbocycles. The molecule has 0 fully saturated rings. The molecule has 1 aromatic heterocycles. The number of alkyl halides is 2. The van der Waals surface area contributed by atoms with Gasteiger partial charge in [0, 0.05) is 16.2 Å². The van der Waals surface area contributed by atoms with Crippen LogP contribution >= 0.6 is 11.3 Å². The number of benzene rings is 1. The number of methoxy groups -OCH3 is 3. The Kier molecular flexibility index (Phi) is 6.73. The van der Waals surface area contributed by atoms with Gasteiger partial charge in [-0.25, -0.2) is 18.0 Å². The summed E-state index contributed by atoms with van der Waals surface area (Å²) in [5.41, 5.74) is 4.91. The number of fused-ring (bicyclic) bond motifs is 1. The maximum atomic E-state index is 14.8. The number of amides is 1. The van der Waals surface area contributed by atoms with Crippen molar-refractivity contribution < 1.29 is 41.7 Å². The SMILES string of the molecule is COC(=O)[C@H](CC(F)(F)c1cc2c(F)c(OC)c(OC)cc2s1)OCC(N)=O. The molecular weight excluding hydrogens is 403 g/mol. The van der Waals surface area contributed by atoms with Crippen molar-refractivity contribution >= 4 is 33.3 Å². The molecular formula is C17H18F3NO6S. The lowest BCUT2D eigenvalue weighted by atomic mass is 10.1. The van der Waals surface area contributed by atoms with Crippen molar-refractivity contribution in [2.45, 2.75) is 18.4 Å². The number of primary amides is 1. The number of carbonyl (C=O) groups is 2. The van der Waals surface area contributed by atoms with E-state index in [1.165, 1.54) is 20.3 Å². The summed E-state index contributed by atoms with van der Waals surface area (Å²) in [6.45, 7) is -0.731. The Labute approximate surface area is 162 Å². The highest BCUT2D eigenvalue weighted by atomic mass is 32.1. The van der Waals surface area contributed by atoms with Gasteiger partial charge in [-0.15, -0.1) is 11.3 Å². The first-order valence-electron chi connectivity index (χ1n) is 7.84. The van der Waals surface area contributed by atoms with Gasteiger partial charge in [-0.05, 0) is 6.07 Å². The molecule has 1 atom stereocenters. The Morgan fingerprint density at radius 2 is 1.89 bits per heavy atom. The molecule has 0 aliphatic rings. The molecule has 1 aromatic carbocycles. The third-order valence-corrected chi connectivity index (χ3v) is 4.99. The highest BCUT2D eigenvalue weighted by molar-refractivity contribution is 7.19. The van der Waals surface area contributed by atoms with Gasteiger partial charge in [0.05, 0.1) is 32.6 Å². The average Bonchev–Trinajstić information content (AvgIpc) is 3.09. The minimum absolute atomic E-state index is 0.0569. The molecule has 0 aliphatic carbocycles. The molecule has 2 rings (SSSR count). The second-order valence-corrected chi connectivity index (χ2v) is 6.73. The molecule has 2 aromatic rings. The van der Waals surface area contributed by atoms with Gasteiger partial charge < -0.3 is 24.7 Å². The fraction of sp³-hybridized carbons (Fsp3) is 0.412. The van der Waals surface area contributed by atoms with Crippen LogP contribution in [0.1, 0.15) is 11.3 Å². The molecule has 0 bridgehead atoms. The van der Waals surface area contributed by atoms with E-state index in [0.29, 0.717) is 11.3 Å². The van der Waals surface area contributed by atoms with E-state index in [4.69, 9.17) is 19.9 Å². The first-order valence-corrected chi connectivity index (χ1v) is 8.66. The van der Waals surface area contributed by atoms with E-state index in [1.54, 1.807) is 0 Å². The van der Waals surface area contributed by atoms with Crippen LogP contribution in [0.3, 0.4) is 0 Å². The molecule has 0 aliphatic heterocycles. The summed E-state index contributed by atoms with van der Waals surface area (Å²) in [5, 5.41) is -0.0787. The van der Waals surface area contributed by atoms with Crippen LogP contribution in [0.4, 0.5) is 13.2 Å². The van der Waals surface area contributed by atoms with Crippen molar-refractivity contribution in [3.05, 3.63) is 22.8 Å². The van der Waals surface area contributed by atoms with E-state index in [-0.39, 0.29) is 21.6 Å². The first-order chi connectivity index (χ1) is 13.1. The largest absolute Gasteiger partial charge is 0.493 e. The Balaban J connectivity index is 2.40. The number of rotatable bonds is 9. The average molecular weight is 421 g/mol. The van der Waals surface area contributed by atoms with Crippen LogP contribution in [0.5, 0.6) is 11.5 Å². The van der Waals surface area contributed by atoms with Gasteiger partial charge in [0.15, 0.2) is 23.4 Å². The summed E-state index contributed by atoms with van der Waals surface area (Å²) in [5.74, 6) is -6.59. The fourth-order valence-corrected chi connectivity index (χ4v) is 3.55. The standard InChI is InChI=1S/C17H18F3NO6S/c1-24-9-5-11-8(14(18)15(9)25-2)4-12(28-11)17(19,20)6-10(16(23)26-3)27-7-13(21)22/h4-5,10H,6-7H2,1-3H3,(H2,21,22)/t10-/m0/s1. The summed E-state index contributed by atoms with van der Waals surface area (Å²) >= 11 is 0.628. The van der Waals surface area contributed by atoms with E-state index in [1.807, 2.05) is 0 Å². The van der Waals surface area contributed by atoms with Crippen LogP contribution in [-0.4, -0.2) is 45.9 Å². The van der Waals surface area contributed by atoms with Crippen molar-refractivity contribution in [1.82, 2.24) is 0 Å². The van der Waals surface area contributed by atoms with Crippen LogP contribution in [0.15, 0.2) is 12.1 Å². The lowest BCUT2D eigenvalue weighted by Gasteiger charge is -2.20. The van der Waals surface area contributed by atoms with Crippen molar-refractivity contribution in [3.8, 4) is 11.5 Å². The first kappa shape index (κ1) is 21.8. The molecule has 1 heterocycles. The van der Waals surface area contributed by atoms with Crippen LogP contribution in [0, 0.1) is 5.82 Å². The lowest BCUT2D eigenvalue weighted by Crippen LogP contribution is -2.34. The van der Waals surface area contributed by atoms with E-state index < -0.39 is 47.6 Å². The minimum atomic E-state index is -3.58. The minimum Gasteiger partial charge on any atom is -0.493 e. The molecule has 0 spiro atoms. The van der Waals surface area contributed by atoms with E-state index in [2.05, 4.69) is 4.74 Å². The molecule has 7 nitrogen and oxygen atoms in total. The number of esters is 1. The number of thiophene rings is 1. The smallest absolute Gasteiger partial charge is 0.335 e. The highest BCUT2D eigenvalue weighted by Gasteiger charge is 2.40. The Morgan fingerprint density at radius 3 is 2.43 bits per heavy atom. The molecule has 2 N–H and O–H groups in total. The Bertz CT molecular complexity index is 885. The number of hydrogen-bond donors (Lipinski definition) is 1. The monoisotopic (exact) mass is 421 g/mol. The fourth-order valence-electron chi connectivity index (χ4n) is 2.48. The van der Waals surface area contributed by atoms with Gasteiger partial charge in [-0.1, -0.05) is 0 Å². The third-order valence-electron chi connectivity index (χ3n) is 3.80. The lowest BCUT2D eigenvalue weighted by molar-refractivity contribution is -0.162. The van der Waals surface area contributed by atoms with Gasteiger partial charge >= 0.3 is 5.97 Å². The number of halogens is 3. The molecule has 0 unspecified atom stereocenters. The third kappa shape index (κ3) is 4.47. The van der Waals surface area contributed by atoms with Gasteiger partial charge in [-0.3, -0.25) is 4.79 Å². The number of nitrogens with two attached hydrogens (primary N) is 1. The quantitative estimate of drug-likeness (QED) is 0.625. The van der Waals surface area contributed by atoms with Crippen LogP contribution < -0.4 is 15.2 Å². The van der Waals surface area contributed by atoms with E-state index in [9.17, 15) is 22.8 Å². The number of ether oxygens (including phenoxy) is 4. The maximum Gasteiger partial charge on any atom is 0.335 e.